The summed E-state index contributed by atoms with van der Waals surface area (Å²) < 4.78 is 16.6. The smallest absolute Gasteiger partial charge is 0.336 e. The van der Waals surface area contributed by atoms with Crippen LogP contribution in [-0.4, -0.2) is 42.7 Å². The molecule has 1 amide bonds. The zero-order chi connectivity index (χ0) is 22.5. The van der Waals surface area contributed by atoms with Gasteiger partial charge in [-0.05, 0) is 43.2 Å². The highest BCUT2D eigenvalue weighted by Gasteiger charge is 2.22. The molecule has 2 aromatic carbocycles. The molecular weight excluding hydrogens is 408 g/mol. The van der Waals surface area contributed by atoms with Crippen LogP contribution in [0.1, 0.15) is 25.0 Å². The number of amides is 1. The Hall–Kier alpha value is -3.16. The van der Waals surface area contributed by atoms with E-state index in [-0.39, 0.29) is 24.7 Å². The lowest BCUT2D eigenvalue weighted by Gasteiger charge is -2.35. The Balaban J connectivity index is 1.32. The van der Waals surface area contributed by atoms with Crippen molar-refractivity contribution in [2.75, 3.05) is 19.7 Å². The number of fused-ring (bicyclic) bond motifs is 1. The van der Waals surface area contributed by atoms with Gasteiger partial charge in [0.15, 0.2) is 6.61 Å². The average molecular weight is 437 g/mol. The van der Waals surface area contributed by atoms with Gasteiger partial charge in [0.2, 0.25) is 0 Å². The molecule has 7 heteroatoms. The van der Waals surface area contributed by atoms with Crippen LogP contribution in [0.3, 0.4) is 0 Å². The van der Waals surface area contributed by atoms with E-state index in [0.29, 0.717) is 17.9 Å². The van der Waals surface area contributed by atoms with Crippen molar-refractivity contribution in [1.29, 1.82) is 0 Å². The number of ether oxygens (including phenoxy) is 2. The molecule has 2 unspecified atom stereocenters. The quantitative estimate of drug-likeness (QED) is 0.574. The van der Waals surface area contributed by atoms with Crippen LogP contribution < -0.4 is 15.7 Å². The van der Waals surface area contributed by atoms with E-state index >= 15 is 0 Å². The lowest BCUT2D eigenvalue weighted by atomic mass is 10.1. The molecule has 4 rings (SSSR count). The van der Waals surface area contributed by atoms with E-state index in [1.54, 1.807) is 24.3 Å². The number of nitrogens with zero attached hydrogens (tertiary/aromatic N) is 1. The number of morpholine rings is 1. The Morgan fingerprint density at radius 1 is 1.06 bits per heavy atom. The SMILES string of the molecule is CC1CN(Cc2ccccc2CNC(=O)COc2ccc3ccc(=O)oc3c2)CC(C)O1. The van der Waals surface area contributed by atoms with E-state index in [1.807, 2.05) is 18.2 Å². The molecule has 1 N–H and O–H groups in total. The standard InChI is InChI=1S/C25H28N2O5/c1-17-13-27(14-18(2)31-17)15-21-6-4-3-5-20(21)12-26-24(28)16-30-22-9-7-19-8-10-25(29)32-23(19)11-22/h3-11,17-18H,12-16H2,1-2H3,(H,26,28). The molecule has 1 fully saturated rings. The maximum Gasteiger partial charge on any atom is 0.336 e. The molecule has 32 heavy (non-hydrogen) atoms. The van der Waals surface area contributed by atoms with E-state index < -0.39 is 5.63 Å². The lowest BCUT2D eigenvalue weighted by Crippen LogP contribution is -2.45. The molecule has 7 nitrogen and oxygen atoms in total. The molecule has 0 saturated carbocycles. The van der Waals surface area contributed by atoms with Crippen LogP contribution in [-0.2, 0) is 22.6 Å². The van der Waals surface area contributed by atoms with Gasteiger partial charge in [0.1, 0.15) is 11.3 Å². The number of rotatable bonds is 7. The summed E-state index contributed by atoms with van der Waals surface area (Å²) in [6.07, 6.45) is 0.428. The van der Waals surface area contributed by atoms with Crippen molar-refractivity contribution in [3.8, 4) is 5.75 Å². The van der Waals surface area contributed by atoms with Crippen LogP contribution >= 0.6 is 0 Å². The summed E-state index contributed by atoms with van der Waals surface area (Å²) in [5, 5.41) is 3.72. The summed E-state index contributed by atoms with van der Waals surface area (Å²) in [5.74, 6) is 0.251. The van der Waals surface area contributed by atoms with Gasteiger partial charge in [-0.3, -0.25) is 9.69 Å². The number of hydrogen-bond acceptors (Lipinski definition) is 6. The second-order valence-electron chi connectivity index (χ2n) is 8.24. The second kappa shape index (κ2) is 9.97. The molecule has 0 radical (unpaired) electrons. The summed E-state index contributed by atoms with van der Waals surface area (Å²) in [4.78, 5) is 26.1. The van der Waals surface area contributed by atoms with Crippen LogP contribution in [0.2, 0.25) is 0 Å². The topological polar surface area (TPSA) is 81.0 Å². The summed E-state index contributed by atoms with van der Waals surface area (Å²) >= 11 is 0. The van der Waals surface area contributed by atoms with E-state index in [0.717, 1.165) is 30.6 Å². The van der Waals surface area contributed by atoms with Crippen molar-refractivity contribution in [2.45, 2.75) is 39.1 Å². The maximum atomic E-state index is 12.4. The van der Waals surface area contributed by atoms with Crippen molar-refractivity contribution in [1.82, 2.24) is 10.2 Å². The fourth-order valence-electron chi connectivity index (χ4n) is 4.06. The van der Waals surface area contributed by atoms with Gasteiger partial charge in [-0.2, -0.15) is 0 Å². The summed E-state index contributed by atoms with van der Waals surface area (Å²) in [5.41, 5.74) is 2.28. The van der Waals surface area contributed by atoms with Crippen molar-refractivity contribution in [2.24, 2.45) is 0 Å². The first-order valence-corrected chi connectivity index (χ1v) is 10.8. The van der Waals surface area contributed by atoms with E-state index in [9.17, 15) is 9.59 Å². The van der Waals surface area contributed by atoms with Crippen molar-refractivity contribution in [3.05, 3.63) is 76.1 Å². The number of benzene rings is 2. The fourth-order valence-corrected chi connectivity index (χ4v) is 4.06. The maximum absolute atomic E-state index is 12.4. The van der Waals surface area contributed by atoms with Crippen LogP contribution in [0.15, 0.2) is 63.8 Å². The number of carbonyl (C=O) groups is 1. The molecule has 1 aromatic heterocycles. The lowest BCUT2D eigenvalue weighted by molar-refractivity contribution is -0.123. The number of carbonyl (C=O) groups excluding carboxylic acids is 1. The average Bonchev–Trinajstić information content (AvgIpc) is 2.76. The fraction of sp³-hybridized carbons (Fsp3) is 0.360. The van der Waals surface area contributed by atoms with Crippen LogP contribution in [0, 0.1) is 0 Å². The van der Waals surface area contributed by atoms with E-state index in [1.165, 1.54) is 11.6 Å². The van der Waals surface area contributed by atoms with Gasteiger partial charge < -0.3 is 19.2 Å². The van der Waals surface area contributed by atoms with Gasteiger partial charge in [0, 0.05) is 43.7 Å². The normalized spacial score (nSPS) is 19.1. The molecule has 2 heterocycles. The summed E-state index contributed by atoms with van der Waals surface area (Å²) in [6.45, 7) is 7.11. The first kappa shape index (κ1) is 22.0. The minimum absolute atomic E-state index is 0.122. The third-order valence-electron chi connectivity index (χ3n) is 5.45. The predicted molar refractivity (Wildman–Crippen MR) is 122 cm³/mol. The van der Waals surface area contributed by atoms with Crippen molar-refractivity contribution >= 4 is 16.9 Å². The van der Waals surface area contributed by atoms with Gasteiger partial charge >= 0.3 is 5.63 Å². The molecule has 1 aliphatic heterocycles. The zero-order valence-corrected chi connectivity index (χ0v) is 18.4. The first-order valence-electron chi connectivity index (χ1n) is 10.8. The number of nitrogens with one attached hydrogen (secondary N) is 1. The summed E-state index contributed by atoms with van der Waals surface area (Å²) in [7, 11) is 0. The summed E-state index contributed by atoms with van der Waals surface area (Å²) in [6, 6.07) is 16.3. The minimum Gasteiger partial charge on any atom is -0.484 e. The largest absolute Gasteiger partial charge is 0.484 e. The third-order valence-corrected chi connectivity index (χ3v) is 5.45. The Labute approximate surface area is 186 Å². The van der Waals surface area contributed by atoms with Gasteiger partial charge in [-0.1, -0.05) is 24.3 Å². The van der Waals surface area contributed by atoms with Gasteiger partial charge in [0.25, 0.3) is 5.91 Å². The molecule has 2 atom stereocenters. The Morgan fingerprint density at radius 2 is 1.78 bits per heavy atom. The highest BCUT2D eigenvalue weighted by atomic mass is 16.5. The third kappa shape index (κ3) is 5.75. The Morgan fingerprint density at radius 3 is 2.56 bits per heavy atom. The first-order chi connectivity index (χ1) is 15.5. The van der Waals surface area contributed by atoms with Gasteiger partial charge in [-0.25, -0.2) is 4.79 Å². The van der Waals surface area contributed by atoms with Crippen LogP contribution in [0.5, 0.6) is 5.75 Å². The van der Waals surface area contributed by atoms with Gasteiger partial charge in [-0.15, -0.1) is 0 Å². The van der Waals surface area contributed by atoms with E-state index in [4.69, 9.17) is 13.9 Å². The molecule has 1 aliphatic rings. The zero-order valence-electron chi connectivity index (χ0n) is 18.4. The molecule has 168 valence electrons. The van der Waals surface area contributed by atoms with Crippen molar-refractivity contribution in [3.63, 3.8) is 0 Å². The molecule has 0 spiro atoms. The predicted octanol–water partition coefficient (Wildman–Crippen LogP) is 3.10. The Kier molecular flexibility index (Phi) is 6.87. The number of hydrogen-bond donors (Lipinski definition) is 1. The molecule has 0 bridgehead atoms. The second-order valence-corrected chi connectivity index (χ2v) is 8.24. The highest BCUT2D eigenvalue weighted by molar-refractivity contribution is 5.79. The molecule has 1 saturated heterocycles. The van der Waals surface area contributed by atoms with Crippen LogP contribution in [0.4, 0.5) is 0 Å². The molecule has 0 aliphatic carbocycles. The Bertz CT molecular complexity index is 1130. The monoisotopic (exact) mass is 436 g/mol. The van der Waals surface area contributed by atoms with E-state index in [2.05, 4.69) is 30.1 Å². The molecule has 3 aromatic rings. The van der Waals surface area contributed by atoms with Gasteiger partial charge in [0.05, 0.1) is 12.2 Å². The van der Waals surface area contributed by atoms with Crippen LogP contribution in [0.25, 0.3) is 11.0 Å². The van der Waals surface area contributed by atoms with Crippen molar-refractivity contribution < 1.29 is 18.7 Å². The minimum atomic E-state index is -0.424. The molecular formula is C25H28N2O5. The highest BCUT2D eigenvalue weighted by Crippen LogP contribution is 2.20.